The van der Waals surface area contributed by atoms with E-state index < -0.39 is 6.04 Å². The summed E-state index contributed by atoms with van der Waals surface area (Å²) < 4.78 is 0. The van der Waals surface area contributed by atoms with Crippen molar-refractivity contribution in [3.63, 3.8) is 0 Å². The van der Waals surface area contributed by atoms with Gasteiger partial charge in [-0.1, -0.05) is 20.8 Å². The van der Waals surface area contributed by atoms with Gasteiger partial charge < -0.3 is 5.11 Å². The molecule has 16 heavy (non-hydrogen) atoms. The van der Waals surface area contributed by atoms with Crippen LogP contribution in [0.2, 0.25) is 0 Å². The molecule has 0 fully saturated rings. The van der Waals surface area contributed by atoms with Crippen molar-refractivity contribution in [3.05, 3.63) is 16.1 Å². The van der Waals surface area contributed by atoms with E-state index in [4.69, 9.17) is 10.4 Å². The Balaban J connectivity index is 2.80. The van der Waals surface area contributed by atoms with Crippen LogP contribution in [0.3, 0.4) is 0 Å². The molecule has 1 aromatic rings. The molecule has 1 heterocycles. The maximum absolute atomic E-state index is 8.99. The number of hydrogen-bond acceptors (Lipinski definition) is 5. The molecule has 0 saturated heterocycles. The topological polar surface area (TPSA) is 68.9 Å². The van der Waals surface area contributed by atoms with Crippen LogP contribution in [-0.2, 0) is 5.41 Å². The quantitative estimate of drug-likeness (QED) is 0.837. The third-order valence-corrected chi connectivity index (χ3v) is 3.33. The van der Waals surface area contributed by atoms with Crippen molar-refractivity contribution in [1.82, 2.24) is 10.3 Å². The molecule has 1 aromatic heterocycles. The summed E-state index contributed by atoms with van der Waals surface area (Å²) in [5.74, 6) is 0. The molecule has 0 aliphatic heterocycles. The number of aliphatic hydroxyl groups excluding tert-OH is 1. The highest BCUT2D eigenvalue weighted by atomic mass is 32.1. The molecule has 0 bridgehead atoms. The molecule has 0 aliphatic carbocycles. The van der Waals surface area contributed by atoms with Gasteiger partial charge in [-0.05, 0) is 0 Å². The van der Waals surface area contributed by atoms with E-state index in [1.165, 1.54) is 0 Å². The third kappa shape index (κ3) is 3.27. The fraction of sp³-hybridized carbons (Fsp3) is 0.636. The smallest absolute Gasteiger partial charge is 0.139 e. The van der Waals surface area contributed by atoms with Crippen LogP contribution < -0.4 is 5.32 Å². The summed E-state index contributed by atoms with van der Waals surface area (Å²) >= 11 is 1.57. The molecular formula is C11H17N3OS. The van der Waals surface area contributed by atoms with E-state index in [2.05, 4.69) is 37.1 Å². The van der Waals surface area contributed by atoms with Crippen LogP contribution in [-0.4, -0.2) is 23.2 Å². The second-order valence-electron chi connectivity index (χ2n) is 4.57. The number of nitriles is 1. The molecule has 4 nitrogen and oxygen atoms in total. The zero-order valence-electron chi connectivity index (χ0n) is 9.82. The van der Waals surface area contributed by atoms with E-state index in [-0.39, 0.29) is 12.0 Å². The van der Waals surface area contributed by atoms with Crippen molar-refractivity contribution in [2.24, 2.45) is 0 Å². The highest BCUT2D eigenvalue weighted by molar-refractivity contribution is 7.09. The molecule has 0 spiro atoms. The lowest BCUT2D eigenvalue weighted by Gasteiger charge is -2.14. The van der Waals surface area contributed by atoms with Crippen LogP contribution in [0.5, 0.6) is 0 Å². The van der Waals surface area contributed by atoms with Gasteiger partial charge in [0.1, 0.15) is 6.04 Å². The van der Waals surface area contributed by atoms with Crippen LogP contribution in [0.15, 0.2) is 5.38 Å². The van der Waals surface area contributed by atoms with Crippen LogP contribution >= 0.6 is 11.3 Å². The molecule has 0 amide bonds. The maximum Gasteiger partial charge on any atom is 0.139 e. The Morgan fingerprint density at radius 2 is 2.31 bits per heavy atom. The Bertz CT molecular complexity index is 375. The minimum Gasteiger partial charge on any atom is -0.395 e. The molecular weight excluding hydrogens is 222 g/mol. The van der Waals surface area contributed by atoms with E-state index in [9.17, 15) is 0 Å². The predicted octanol–water partition coefficient (Wildman–Crippen LogP) is 1.59. The van der Waals surface area contributed by atoms with Gasteiger partial charge in [0.05, 0.1) is 23.4 Å². The van der Waals surface area contributed by atoms with E-state index in [1.54, 1.807) is 11.3 Å². The summed E-state index contributed by atoms with van der Waals surface area (Å²) in [4.78, 5) is 4.46. The Morgan fingerprint density at radius 1 is 1.62 bits per heavy atom. The van der Waals surface area contributed by atoms with Crippen molar-refractivity contribution < 1.29 is 5.11 Å². The highest BCUT2D eigenvalue weighted by Crippen LogP contribution is 2.27. The Hall–Kier alpha value is -0.960. The maximum atomic E-state index is 8.99. The number of thiazole rings is 1. The minimum absolute atomic E-state index is 0.0138. The van der Waals surface area contributed by atoms with Crippen molar-refractivity contribution in [2.45, 2.75) is 32.2 Å². The van der Waals surface area contributed by atoms with E-state index in [1.807, 2.05) is 5.38 Å². The highest BCUT2D eigenvalue weighted by Gasteiger charge is 2.20. The molecule has 0 radical (unpaired) electrons. The summed E-state index contributed by atoms with van der Waals surface area (Å²) in [6, 6.07) is 1.71. The van der Waals surface area contributed by atoms with Crippen molar-refractivity contribution in [2.75, 3.05) is 13.2 Å². The predicted molar refractivity (Wildman–Crippen MR) is 64.3 cm³/mol. The average molecular weight is 239 g/mol. The van der Waals surface area contributed by atoms with Gasteiger partial charge in [-0.15, -0.1) is 11.3 Å². The minimum atomic E-state index is -0.431. The fourth-order valence-electron chi connectivity index (χ4n) is 1.19. The summed E-state index contributed by atoms with van der Waals surface area (Å²) in [5.41, 5.74) is 0.755. The fourth-order valence-corrected chi connectivity index (χ4v) is 2.12. The van der Waals surface area contributed by atoms with Crippen molar-refractivity contribution >= 4 is 11.3 Å². The van der Waals surface area contributed by atoms with Crippen LogP contribution in [0, 0.1) is 11.3 Å². The number of nitrogens with zero attached hydrogens (tertiary/aromatic N) is 2. The molecule has 1 unspecified atom stereocenters. The van der Waals surface area contributed by atoms with E-state index in [0.29, 0.717) is 6.54 Å². The molecule has 88 valence electrons. The first-order valence-electron chi connectivity index (χ1n) is 5.19. The SMILES string of the molecule is CC(C)(C)c1nc(C(C#N)NCCO)cs1. The average Bonchev–Trinajstić information content (AvgIpc) is 2.68. The second kappa shape index (κ2) is 5.39. The summed E-state index contributed by atoms with van der Waals surface area (Å²) in [7, 11) is 0. The largest absolute Gasteiger partial charge is 0.395 e. The molecule has 0 aromatic carbocycles. The van der Waals surface area contributed by atoms with Gasteiger partial charge in [0.15, 0.2) is 0 Å². The van der Waals surface area contributed by atoms with Gasteiger partial charge in [-0.25, -0.2) is 4.98 Å². The molecule has 1 atom stereocenters. The lowest BCUT2D eigenvalue weighted by molar-refractivity contribution is 0.289. The monoisotopic (exact) mass is 239 g/mol. The molecule has 0 aliphatic rings. The first-order valence-corrected chi connectivity index (χ1v) is 6.06. The Morgan fingerprint density at radius 3 is 2.75 bits per heavy atom. The van der Waals surface area contributed by atoms with Gasteiger partial charge in [-0.3, -0.25) is 5.32 Å². The molecule has 0 saturated carbocycles. The molecule has 2 N–H and O–H groups in total. The molecule has 5 heteroatoms. The van der Waals surface area contributed by atoms with Gasteiger partial charge >= 0.3 is 0 Å². The number of nitrogens with one attached hydrogen (secondary N) is 1. The second-order valence-corrected chi connectivity index (χ2v) is 5.43. The van der Waals surface area contributed by atoms with Crippen molar-refractivity contribution in [3.8, 4) is 6.07 Å². The number of aromatic nitrogens is 1. The number of aliphatic hydroxyl groups is 1. The summed E-state index contributed by atoms with van der Waals surface area (Å²) in [6.45, 7) is 6.71. The first-order chi connectivity index (χ1) is 7.49. The number of hydrogen-bond donors (Lipinski definition) is 2. The lowest BCUT2D eigenvalue weighted by Crippen LogP contribution is -2.23. The van der Waals surface area contributed by atoms with Gasteiger partial charge in [0.2, 0.25) is 0 Å². The third-order valence-electron chi connectivity index (χ3n) is 2.05. The number of rotatable bonds is 4. The van der Waals surface area contributed by atoms with Gasteiger partial charge in [-0.2, -0.15) is 5.26 Å². The standard InChI is InChI=1S/C11H17N3OS/c1-11(2,3)10-14-9(7-16-10)8(6-12)13-4-5-15/h7-8,13,15H,4-5H2,1-3H3. The van der Waals surface area contributed by atoms with E-state index >= 15 is 0 Å². The van der Waals surface area contributed by atoms with E-state index in [0.717, 1.165) is 10.7 Å². The summed E-state index contributed by atoms with van der Waals surface area (Å²) in [6.07, 6.45) is 0. The van der Waals surface area contributed by atoms with Crippen LogP contribution in [0.25, 0.3) is 0 Å². The molecule has 1 rings (SSSR count). The zero-order valence-corrected chi connectivity index (χ0v) is 10.6. The van der Waals surface area contributed by atoms with Gasteiger partial charge in [0, 0.05) is 17.3 Å². The van der Waals surface area contributed by atoms with Gasteiger partial charge in [0.25, 0.3) is 0 Å². The Labute approximate surface area is 99.9 Å². The lowest BCUT2D eigenvalue weighted by atomic mass is 9.98. The summed E-state index contributed by atoms with van der Waals surface area (Å²) in [5, 5.41) is 23.5. The normalized spacial score (nSPS) is 13.4. The Kier molecular flexibility index (Phi) is 4.42. The first kappa shape index (κ1) is 13.1. The zero-order chi connectivity index (χ0) is 12.2. The van der Waals surface area contributed by atoms with Crippen molar-refractivity contribution in [1.29, 1.82) is 5.26 Å². The van der Waals surface area contributed by atoms with Crippen LogP contribution in [0.1, 0.15) is 37.5 Å². The van der Waals surface area contributed by atoms with Crippen LogP contribution in [0.4, 0.5) is 0 Å².